The van der Waals surface area contributed by atoms with E-state index >= 15 is 0 Å². The molecule has 1 N–H and O–H groups in total. The average Bonchev–Trinajstić information content (AvgIpc) is 2.09. The monoisotopic (exact) mass is 158 g/mol. The van der Waals surface area contributed by atoms with Crippen molar-refractivity contribution in [1.82, 2.24) is 0 Å². The minimum atomic E-state index is -0.438. The first-order valence-corrected chi connectivity index (χ1v) is 4.13. The molecule has 2 unspecified atom stereocenters. The largest absolute Gasteiger partial charge is 0.392 e. The van der Waals surface area contributed by atoms with Crippen LogP contribution in [0, 0.1) is 5.92 Å². The van der Waals surface area contributed by atoms with Gasteiger partial charge in [0, 0.05) is 7.34 Å². The van der Waals surface area contributed by atoms with Crippen LogP contribution in [0.3, 0.4) is 0 Å². The van der Waals surface area contributed by atoms with Gasteiger partial charge in [-0.25, -0.2) is 0 Å². The highest BCUT2D eigenvalue weighted by Gasteiger charge is 2.18. The second kappa shape index (κ2) is 6.10. The Balaban J connectivity index is 0. The maximum atomic E-state index is 10.2. The number of carbonyl (C=O) groups is 1. The molecule has 0 aromatic carbocycles. The predicted octanol–water partition coefficient (Wildman–Crippen LogP) is 1.78. The van der Waals surface area contributed by atoms with Crippen LogP contribution >= 0.6 is 0 Å². The van der Waals surface area contributed by atoms with Crippen LogP contribution in [0.2, 0.25) is 0 Å². The fourth-order valence-electron chi connectivity index (χ4n) is 0.967. The van der Waals surface area contributed by atoms with Crippen LogP contribution < -0.4 is 0 Å². The summed E-state index contributed by atoms with van der Waals surface area (Å²) in [6.45, 7) is 4.00. The minimum Gasteiger partial charge on any atom is -0.392 e. The summed E-state index contributed by atoms with van der Waals surface area (Å²) in [6.07, 6.45) is 5.56. The number of allylic oxidation sites excluding steroid dienone is 1. The second-order valence-corrected chi connectivity index (χ2v) is 2.31. The van der Waals surface area contributed by atoms with Crippen molar-refractivity contribution in [1.29, 1.82) is 0 Å². The van der Waals surface area contributed by atoms with Crippen molar-refractivity contribution in [2.24, 2.45) is 5.92 Å². The highest BCUT2D eigenvalue weighted by atomic mass is 16.3. The van der Waals surface area contributed by atoms with E-state index in [0.29, 0.717) is 12.8 Å². The molecule has 2 atom stereocenters. The van der Waals surface area contributed by atoms with Gasteiger partial charge in [0.2, 0.25) is 0 Å². The van der Waals surface area contributed by atoms with E-state index in [1.54, 1.807) is 0 Å². The average molecular weight is 158 g/mol. The van der Waals surface area contributed by atoms with Gasteiger partial charge in [-0.1, -0.05) is 26.0 Å². The van der Waals surface area contributed by atoms with E-state index in [1.807, 2.05) is 26.0 Å². The third kappa shape index (κ3) is 3.33. The lowest BCUT2D eigenvalue weighted by atomic mass is 9.93. The van der Waals surface area contributed by atoms with Crippen molar-refractivity contribution in [2.75, 3.05) is 0 Å². The number of rotatable bonds is 1. The smallest absolute Gasteiger partial charge is 0.125 e. The molecule has 2 nitrogen and oxygen atoms in total. The molecule has 0 fully saturated rings. The first-order chi connectivity index (χ1) is 5.34. The summed E-state index contributed by atoms with van der Waals surface area (Å²) < 4.78 is 0. The van der Waals surface area contributed by atoms with Crippen LogP contribution in [0.25, 0.3) is 0 Å². The highest BCUT2D eigenvalue weighted by Crippen LogP contribution is 2.15. The molecule has 11 heavy (non-hydrogen) atoms. The Kier molecular flexibility index (Phi) is 5.75. The van der Waals surface area contributed by atoms with Gasteiger partial charge in [0.1, 0.15) is 6.29 Å². The van der Waals surface area contributed by atoms with Gasteiger partial charge in [-0.05, 0) is 12.8 Å². The van der Waals surface area contributed by atoms with E-state index in [4.69, 9.17) is 5.11 Å². The lowest BCUT2D eigenvalue weighted by Gasteiger charge is -2.17. The molecule has 0 aromatic rings. The molecule has 1 rings (SSSR count). The summed E-state index contributed by atoms with van der Waals surface area (Å²) >= 11 is 0. The Morgan fingerprint density at radius 2 is 2.00 bits per heavy atom. The Bertz CT molecular complexity index is 134. The molecule has 0 aliphatic heterocycles. The third-order valence-corrected chi connectivity index (χ3v) is 1.62. The number of hydrogen-bond acceptors (Lipinski definition) is 2. The number of carbonyl (C=O) groups excluding carboxylic acids is 1. The first-order valence-electron chi connectivity index (χ1n) is 4.13. The van der Waals surface area contributed by atoms with Crippen molar-refractivity contribution in [3.8, 4) is 0 Å². The SMILES string of the molecule is CC.O=CC1CC=CCC1O.[HH]. The van der Waals surface area contributed by atoms with Gasteiger partial charge in [-0.3, -0.25) is 0 Å². The Labute approximate surface area is 69.4 Å². The standard InChI is InChI=1S/C7H10O2.C2H6.H2/c8-5-6-3-1-2-4-7(6)9;1-2;/h1-2,5-7,9H,3-4H2;1-2H3;1H. The molecule has 0 heterocycles. The van der Waals surface area contributed by atoms with Crippen molar-refractivity contribution in [3.63, 3.8) is 0 Å². The molecule has 0 bridgehead atoms. The summed E-state index contributed by atoms with van der Waals surface area (Å²) in [5.74, 6) is -0.157. The summed E-state index contributed by atoms with van der Waals surface area (Å²) in [7, 11) is 0. The molecule has 0 saturated heterocycles. The van der Waals surface area contributed by atoms with E-state index in [-0.39, 0.29) is 7.34 Å². The second-order valence-electron chi connectivity index (χ2n) is 2.31. The zero-order valence-electron chi connectivity index (χ0n) is 7.16. The van der Waals surface area contributed by atoms with E-state index in [1.165, 1.54) is 0 Å². The van der Waals surface area contributed by atoms with Crippen LogP contribution in [0.5, 0.6) is 0 Å². The molecule has 2 heteroatoms. The van der Waals surface area contributed by atoms with Crippen LogP contribution in [-0.4, -0.2) is 17.5 Å². The maximum Gasteiger partial charge on any atom is 0.125 e. The fourth-order valence-corrected chi connectivity index (χ4v) is 0.967. The minimum absolute atomic E-state index is 0. The van der Waals surface area contributed by atoms with Gasteiger partial charge in [0.25, 0.3) is 0 Å². The molecular weight excluding hydrogens is 140 g/mol. The van der Waals surface area contributed by atoms with Crippen LogP contribution in [-0.2, 0) is 4.79 Å². The Morgan fingerprint density at radius 1 is 1.45 bits per heavy atom. The van der Waals surface area contributed by atoms with Gasteiger partial charge < -0.3 is 9.90 Å². The van der Waals surface area contributed by atoms with Crippen LogP contribution in [0.4, 0.5) is 0 Å². The van der Waals surface area contributed by atoms with Gasteiger partial charge in [0.15, 0.2) is 0 Å². The van der Waals surface area contributed by atoms with Gasteiger partial charge in [-0.2, -0.15) is 0 Å². The lowest BCUT2D eigenvalue weighted by Crippen LogP contribution is -2.22. The highest BCUT2D eigenvalue weighted by molar-refractivity contribution is 5.55. The molecule has 0 aromatic heterocycles. The Hall–Kier alpha value is -0.630. The zero-order valence-corrected chi connectivity index (χ0v) is 7.16. The molecule has 66 valence electrons. The summed E-state index contributed by atoms with van der Waals surface area (Å²) in [5.41, 5.74) is 0. The lowest BCUT2D eigenvalue weighted by molar-refractivity contribution is -0.114. The maximum absolute atomic E-state index is 10.2. The molecule has 0 radical (unpaired) electrons. The van der Waals surface area contributed by atoms with Crippen molar-refractivity contribution < 1.29 is 11.3 Å². The van der Waals surface area contributed by atoms with Crippen LogP contribution in [0.15, 0.2) is 12.2 Å². The van der Waals surface area contributed by atoms with E-state index in [2.05, 4.69) is 0 Å². The van der Waals surface area contributed by atoms with Crippen molar-refractivity contribution in [3.05, 3.63) is 12.2 Å². The summed E-state index contributed by atoms with van der Waals surface area (Å²) in [5, 5.41) is 9.09. The number of aliphatic hydroxyl groups is 1. The van der Waals surface area contributed by atoms with E-state index in [9.17, 15) is 4.79 Å². The number of aldehydes is 1. The van der Waals surface area contributed by atoms with Gasteiger partial charge in [-0.15, -0.1) is 0 Å². The molecule has 0 spiro atoms. The normalized spacial score (nSPS) is 28.6. The molecule has 1 aliphatic rings. The first kappa shape index (κ1) is 10.4. The predicted molar refractivity (Wildman–Crippen MR) is 47.4 cm³/mol. The summed E-state index contributed by atoms with van der Waals surface area (Å²) in [6, 6.07) is 0. The fraction of sp³-hybridized carbons (Fsp3) is 0.667. The quantitative estimate of drug-likeness (QED) is 0.466. The van der Waals surface area contributed by atoms with E-state index in [0.717, 1.165) is 6.29 Å². The number of hydrogen-bond donors (Lipinski definition) is 1. The van der Waals surface area contributed by atoms with Crippen molar-refractivity contribution >= 4 is 6.29 Å². The third-order valence-electron chi connectivity index (χ3n) is 1.62. The van der Waals surface area contributed by atoms with Gasteiger partial charge in [0.05, 0.1) is 6.10 Å². The molecule has 0 amide bonds. The molecule has 1 aliphatic carbocycles. The van der Waals surface area contributed by atoms with Crippen molar-refractivity contribution in [2.45, 2.75) is 32.8 Å². The Morgan fingerprint density at radius 3 is 2.36 bits per heavy atom. The summed E-state index contributed by atoms with van der Waals surface area (Å²) in [4.78, 5) is 10.2. The topological polar surface area (TPSA) is 37.3 Å². The van der Waals surface area contributed by atoms with E-state index < -0.39 is 6.10 Å². The zero-order chi connectivity index (χ0) is 8.69. The molecule has 0 saturated carbocycles. The number of aliphatic hydroxyl groups excluding tert-OH is 1. The van der Waals surface area contributed by atoms with Crippen LogP contribution in [0.1, 0.15) is 28.1 Å². The van der Waals surface area contributed by atoms with Gasteiger partial charge >= 0.3 is 0 Å². The molecular formula is C9H18O2.